The standard InChI is InChI=1S/C17H16N4O2/c1-22-13-7-5-6-12(10-13)20-17-15(23-2)11-19-16(21-17)14-8-3-4-9-18-14/h3-11H,1-2H3,(H,19,20,21). The molecule has 6 nitrogen and oxygen atoms in total. The zero-order valence-electron chi connectivity index (χ0n) is 12.9. The SMILES string of the molecule is COc1cccc(Nc2nc(-c3ccccn3)ncc2OC)c1. The highest BCUT2D eigenvalue weighted by atomic mass is 16.5. The Bertz CT molecular complexity index is 794. The van der Waals surface area contributed by atoms with Gasteiger partial charge in [-0.1, -0.05) is 12.1 Å². The third-order valence-corrected chi connectivity index (χ3v) is 3.20. The van der Waals surface area contributed by atoms with E-state index in [0.29, 0.717) is 23.1 Å². The molecule has 0 unspecified atom stereocenters. The Kier molecular flexibility index (Phi) is 4.33. The number of nitrogens with one attached hydrogen (secondary N) is 1. The van der Waals surface area contributed by atoms with Crippen LogP contribution in [-0.4, -0.2) is 29.2 Å². The lowest BCUT2D eigenvalue weighted by atomic mass is 10.3. The Labute approximate surface area is 134 Å². The maximum absolute atomic E-state index is 5.33. The lowest BCUT2D eigenvalue weighted by Gasteiger charge is -2.11. The number of methoxy groups -OCH3 is 2. The van der Waals surface area contributed by atoms with Crippen LogP contribution in [-0.2, 0) is 0 Å². The maximum atomic E-state index is 5.33. The van der Waals surface area contributed by atoms with Crippen LogP contribution in [0.3, 0.4) is 0 Å². The number of benzene rings is 1. The van der Waals surface area contributed by atoms with E-state index in [9.17, 15) is 0 Å². The Morgan fingerprint density at radius 1 is 0.957 bits per heavy atom. The van der Waals surface area contributed by atoms with Crippen molar-refractivity contribution in [3.05, 3.63) is 54.9 Å². The molecule has 0 aliphatic heterocycles. The predicted molar refractivity (Wildman–Crippen MR) is 88.1 cm³/mol. The van der Waals surface area contributed by atoms with E-state index in [1.807, 2.05) is 42.5 Å². The van der Waals surface area contributed by atoms with Crippen LogP contribution in [0.1, 0.15) is 0 Å². The molecule has 2 heterocycles. The summed E-state index contributed by atoms with van der Waals surface area (Å²) >= 11 is 0. The van der Waals surface area contributed by atoms with Crippen molar-refractivity contribution in [2.75, 3.05) is 19.5 Å². The van der Waals surface area contributed by atoms with Gasteiger partial charge in [0.2, 0.25) is 0 Å². The summed E-state index contributed by atoms with van der Waals surface area (Å²) in [6, 6.07) is 13.2. The smallest absolute Gasteiger partial charge is 0.180 e. The third kappa shape index (κ3) is 3.37. The first-order chi connectivity index (χ1) is 11.3. The number of aromatic nitrogens is 3. The average Bonchev–Trinajstić information content (AvgIpc) is 2.62. The van der Waals surface area contributed by atoms with Crippen LogP contribution in [0.15, 0.2) is 54.9 Å². The monoisotopic (exact) mass is 308 g/mol. The molecule has 0 bridgehead atoms. The minimum atomic E-state index is 0.525. The van der Waals surface area contributed by atoms with E-state index < -0.39 is 0 Å². The molecular formula is C17H16N4O2. The molecule has 0 atom stereocenters. The fourth-order valence-corrected chi connectivity index (χ4v) is 2.07. The van der Waals surface area contributed by atoms with Crippen LogP contribution in [0.5, 0.6) is 11.5 Å². The number of hydrogen-bond donors (Lipinski definition) is 1. The van der Waals surface area contributed by atoms with Crippen LogP contribution in [0.2, 0.25) is 0 Å². The second-order valence-electron chi connectivity index (χ2n) is 4.68. The number of rotatable bonds is 5. The minimum Gasteiger partial charge on any atom is -0.497 e. The van der Waals surface area contributed by atoms with Gasteiger partial charge in [0.05, 0.1) is 20.4 Å². The summed E-state index contributed by atoms with van der Waals surface area (Å²) in [7, 11) is 3.21. The van der Waals surface area contributed by atoms with Crippen molar-refractivity contribution in [1.82, 2.24) is 15.0 Å². The number of ether oxygens (including phenoxy) is 2. The van der Waals surface area contributed by atoms with Crippen LogP contribution in [0, 0.1) is 0 Å². The number of hydrogen-bond acceptors (Lipinski definition) is 6. The van der Waals surface area contributed by atoms with Crippen LogP contribution in [0.4, 0.5) is 11.5 Å². The summed E-state index contributed by atoms with van der Waals surface area (Å²) in [6.45, 7) is 0. The van der Waals surface area contributed by atoms with E-state index in [2.05, 4.69) is 20.3 Å². The van der Waals surface area contributed by atoms with Gasteiger partial charge in [-0.3, -0.25) is 4.98 Å². The second-order valence-corrected chi connectivity index (χ2v) is 4.68. The molecule has 3 aromatic rings. The van der Waals surface area contributed by atoms with E-state index in [1.165, 1.54) is 0 Å². The number of pyridine rings is 1. The summed E-state index contributed by atoms with van der Waals surface area (Å²) in [5.41, 5.74) is 1.54. The number of anilines is 2. The minimum absolute atomic E-state index is 0.525. The van der Waals surface area contributed by atoms with Gasteiger partial charge in [0.25, 0.3) is 0 Å². The van der Waals surface area contributed by atoms with Crippen molar-refractivity contribution in [2.45, 2.75) is 0 Å². The molecule has 116 valence electrons. The predicted octanol–water partition coefficient (Wildman–Crippen LogP) is 3.30. The van der Waals surface area contributed by atoms with Gasteiger partial charge < -0.3 is 14.8 Å². The molecule has 3 rings (SSSR count). The molecule has 1 N–H and O–H groups in total. The molecule has 2 aromatic heterocycles. The lowest BCUT2D eigenvalue weighted by Crippen LogP contribution is -2.01. The molecule has 0 saturated heterocycles. The highest BCUT2D eigenvalue weighted by Gasteiger charge is 2.10. The van der Waals surface area contributed by atoms with Gasteiger partial charge in [0.1, 0.15) is 11.4 Å². The normalized spacial score (nSPS) is 10.2. The van der Waals surface area contributed by atoms with Crippen LogP contribution >= 0.6 is 0 Å². The van der Waals surface area contributed by atoms with Crippen molar-refractivity contribution in [3.63, 3.8) is 0 Å². The number of nitrogens with zero attached hydrogens (tertiary/aromatic N) is 3. The van der Waals surface area contributed by atoms with Gasteiger partial charge in [-0.2, -0.15) is 0 Å². The van der Waals surface area contributed by atoms with Crippen molar-refractivity contribution in [2.24, 2.45) is 0 Å². The molecule has 23 heavy (non-hydrogen) atoms. The fraction of sp³-hybridized carbons (Fsp3) is 0.118. The first kappa shape index (κ1) is 14.8. The molecule has 0 aliphatic rings. The third-order valence-electron chi connectivity index (χ3n) is 3.20. The average molecular weight is 308 g/mol. The van der Waals surface area contributed by atoms with Gasteiger partial charge in [0.15, 0.2) is 17.4 Å². The second kappa shape index (κ2) is 6.74. The molecule has 0 spiro atoms. The van der Waals surface area contributed by atoms with Crippen molar-refractivity contribution in [1.29, 1.82) is 0 Å². The van der Waals surface area contributed by atoms with Gasteiger partial charge in [-0.05, 0) is 24.3 Å². The summed E-state index contributed by atoms with van der Waals surface area (Å²) < 4.78 is 10.6. The van der Waals surface area contributed by atoms with E-state index in [4.69, 9.17) is 9.47 Å². The van der Waals surface area contributed by atoms with Gasteiger partial charge >= 0.3 is 0 Å². The highest BCUT2D eigenvalue weighted by Crippen LogP contribution is 2.28. The highest BCUT2D eigenvalue weighted by molar-refractivity contribution is 5.65. The van der Waals surface area contributed by atoms with Crippen molar-refractivity contribution >= 4 is 11.5 Å². The molecule has 6 heteroatoms. The van der Waals surface area contributed by atoms with Crippen LogP contribution < -0.4 is 14.8 Å². The lowest BCUT2D eigenvalue weighted by molar-refractivity contribution is 0.413. The Balaban J connectivity index is 1.96. The molecule has 0 radical (unpaired) electrons. The van der Waals surface area contributed by atoms with E-state index in [-0.39, 0.29) is 0 Å². The first-order valence-corrected chi connectivity index (χ1v) is 7.03. The van der Waals surface area contributed by atoms with E-state index in [0.717, 1.165) is 11.4 Å². The van der Waals surface area contributed by atoms with Crippen LogP contribution in [0.25, 0.3) is 11.5 Å². The van der Waals surface area contributed by atoms with E-state index in [1.54, 1.807) is 26.6 Å². The van der Waals surface area contributed by atoms with E-state index >= 15 is 0 Å². The Morgan fingerprint density at radius 3 is 2.61 bits per heavy atom. The quantitative estimate of drug-likeness (QED) is 0.780. The summed E-state index contributed by atoms with van der Waals surface area (Å²) in [5, 5.41) is 3.22. The summed E-state index contributed by atoms with van der Waals surface area (Å²) in [4.78, 5) is 13.1. The van der Waals surface area contributed by atoms with Gasteiger partial charge in [-0.25, -0.2) is 9.97 Å². The molecular weight excluding hydrogens is 292 g/mol. The van der Waals surface area contributed by atoms with Crippen molar-refractivity contribution < 1.29 is 9.47 Å². The van der Waals surface area contributed by atoms with Gasteiger partial charge in [0, 0.05) is 18.0 Å². The zero-order valence-corrected chi connectivity index (χ0v) is 12.9. The fourth-order valence-electron chi connectivity index (χ4n) is 2.07. The summed E-state index contributed by atoms with van der Waals surface area (Å²) in [6.07, 6.45) is 3.33. The molecule has 0 aliphatic carbocycles. The zero-order chi connectivity index (χ0) is 16.1. The Morgan fingerprint density at radius 2 is 1.87 bits per heavy atom. The molecule has 0 amide bonds. The first-order valence-electron chi connectivity index (χ1n) is 7.03. The van der Waals surface area contributed by atoms with Gasteiger partial charge in [-0.15, -0.1) is 0 Å². The topological polar surface area (TPSA) is 69.2 Å². The Hall–Kier alpha value is -3.15. The molecule has 1 aromatic carbocycles. The van der Waals surface area contributed by atoms with Crippen molar-refractivity contribution in [3.8, 4) is 23.0 Å². The summed E-state index contributed by atoms with van der Waals surface area (Å²) in [5.74, 6) is 2.40. The molecule has 0 saturated carbocycles. The molecule has 0 fully saturated rings. The maximum Gasteiger partial charge on any atom is 0.180 e. The largest absolute Gasteiger partial charge is 0.497 e.